The van der Waals surface area contributed by atoms with Crippen LogP contribution in [0.5, 0.6) is 0 Å². The van der Waals surface area contributed by atoms with Gasteiger partial charge >= 0.3 is 0 Å². The topological polar surface area (TPSA) is 59.2 Å². The fraction of sp³-hybridized carbons (Fsp3) is 0.500. The highest BCUT2D eigenvalue weighted by molar-refractivity contribution is 7.19. The molecule has 76 valence electrons. The van der Waals surface area contributed by atoms with Gasteiger partial charge < -0.3 is 5.73 Å². The molecule has 0 saturated carbocycles. The number of amides is 1. The molecule has 0 spiro atoms. The lowest BCUT2D eigenvalue weighted by atomic mass is 10.3. The van der Waals surface area contributed by atoms with Crippen LogP contribution in [0.3, 0.4) is 0 Å². The second-order valence-electron chi connectivity index (χ2n) is 3.32. The van der Waals surface area contributed by atoms with E-state index in [1.54, 1.807) is 4.90 Å². The Bertz CT molecular complexity index is 359. The maximum atomic E-state index is 11.5. The largest absolute Gasteiger partial charge is 0.326 e. The quantitative estimate of drug-likeness (QED) is 0.789. The maximum absolute atomic E-state index is 11.5. The number of rotatable bonds is 1. The lowest BCUT2D eigenvalue weighted by molar-refractivity contribution is -0.117. The van der Waals surface area contributed by atoms with Crippen LogP contribution in [0.1, 0.15) is 12.1 Å². The van der Waals surface area contributed by atoms with E-state index in [1.165, 1.54) is 11.3 Å². The molecule has 6 heteroatoms. The molecule has 0 bridgehead atoms. The molecule has 1 aromatic rings. The van der Waals surface area contributed by atoms with Gasteiger partial charge in [0.05, 0.1) is 5.69 Å². The van der Waals surface area contributed by atoms with Crippen molar-refractivity contribution in [3.63, 3.8) is 0 Å². The van der Waals surface area contributed by atoms with E-state index in [2.05, 4.69) is 4.98 Å². The molecule has 1 unspecified atom stereocenters. The summed E-state index contributed by atoms with van der Waals surface area (Å²) < 4.78 is 0.633. The predicted octanol–water partition coefficient (Wildman–Crippen LogP) is 1.17. The fourth-order valence-electron chi connectivity index (χ4n) is 1.40. The molecule has 2 rings (SSSR count). The zero-order valence-corrected chi connectivity index (χ0v) is 9.23. The van der Waals surface area contributed by atoms with Gasteiger partial charge in [-0.05, 0) is 6.92 Å². The molecular formula is C8H10ClN3OS. The summed E-state index contributed by atoms with van der Waals surface area (Å²) in [5, 5.41) is 0.658. The molecule has 1 atom stereocenters. The molecule has 1 aliphatic heterocycles. The highest BCUT2D eigenvalue weighted by Gasteiger charge is 2.30. The minimum absolute atomic E-state index is 0.0305. The predicted molar refractivity (Wildman–Crippen MR) is 56.8 cm³/mol. The maximum Gasteiger partial charge on any atom is 0.230 e. The van der Waals surface area contributed by atoms with Gasteiger partial charge in [0.1, 0.15) is 4.34 Å². The number of nitrogens with zero attached hydrogens (tertiary/aromatic N) is 2. The number of hydrogen-bond donors (Lipinski definition) is 1. The number of carbonyl (C=O) groups excluding carboxylic acids is 1. The fourth-order valence-corrected chi connectivity index (χ4v) is 2.47. The Morgan fingerprint density at radius 1 is 1.71 bits per heavy atom. The summed E-state index contributed by atoms with van der Waals surface area (Å²) >= 11 is 7.20. The van der Waals surface area contributed by atoms with E-state index in [1.807, 2.05) is 6.92 Å². The van der Waals surface area contributed by atoms with Crippen LogP contribution in [0.15, 0.2) is 0 Å². The first kappa shape index (κ1) is 9.89. The zero-order valence-electron chi connectivity index (χ0n) is 7.66. The summed E-state index contributed by atoms with van der Waals surface area (Å²) in [4.78, 5) is 17.3. The summed E-state index contributed by atoms with van der Waals surface area (Å²) in [6, 6.07) is -0.0783. The highest BCUT2D eigenvalue weighted by atomic mass is 35.5. The van der Waals surface area contributed by atoms with Gasteiger partial charge in [-0.1, -0.05) is 22.9 Å². The number of anilines is 1. The molecule has 1 aliphatic rings. The molecule has 1 amide bonds. The van der Waals surface area contributed by atoms with E-state index in [-0.39, 0.29) is 11.9 Å². The average molecular weight is 232 g/mol. The Morgan fingerprint density at radius 2 is 2.43 bits per heavy atom. The van der Waals surface area contributed by atoms with Crippen molar-refractivity contribution in [2.24, 2.45) is 5.73 Å². The molecule has 0 aliphatic carbocycles. The molecule has 2 heterocycles. The third-order valence-electron chi connectivity index (χ3n) is 2.11. The molecule has 0 radical (unpaired) electrons. The van der Waals surface area contributed by atoms with Gasteiger partial charge in [0.25, 0.3) is 0 Å². The molecule has 1 aromatic heterocycles. The Balaban J connectivity index is 2.27. The van der Waals surface area contributed by atoms with Crippen molar-refractivity contribution in [3.05, 3.63) is 10.0 Å². The van der Waals surface area contributed by atoms with Crippen LogP contribution >= 0.6 is 22.9 Å². The Kier molecular flexibility index (Phi) is 2.47. The van der Waals surface area contributed by atoms with E-state index in [0.717, 1.165) is 5.69 Å². The van der Waals surface area contributed by atoms with Gasteiger partial charge in [0.2, 0.25) is 5.91 Å². The van der Waals surface area contributed by atoms with Crippen LogP contribution in [0.25, 0.3) is 0 Å². The van der Waals surface area contributed by atoms with E-state index in [9.17, 15) is 4.79 Å². The Hall–Kier alpha value is -0.650. The molecule has 2 N–H and O–H groups in total. The Labute approximate surface area is 90.7 Å². The summed E-state index contributed by atoms with van der Waals surface area (Å²) in [6.45, 7) is 2.37. The summed E-state index contributed by atoms with van der Waals surface area (Å²) in [7, 11) is 0. The van der Waals surface area contributed by atoms with Crippen LogP contribution < -0.4 is 10.6 Å². The lowest BCUT2D eigenvalue weighted by Gasteiger charge is -2.10. The normalized spacial score (nSPS) is 22.1. The number of thiazole rings is 1. The van der Waals surface area contributed by atoms with Crippen molar-refractivity contribution >= 4 is 34.0 Å². The third-order valence-corrected chi connectivity index (χ3v) is 3.59. The van der Waals surface area contributed by atoms with E-state index in [0.29, 0.717) is 22.4 Å². The summed E-state index contributed by atoms with van der Waals surface area (Å²) in [6.07, 6.45) is 0.399. The first-order valence-electron chi connectivity index (χ1n) is 4.27. The van der Waals surface area contributed by atoms with Crippen LogP contribution in [-0.4, -0.2) is 23.5 Å². The third kappa shape index (κ3) is 1.63. The van der Waals surface area contributed by atoms with Crippen LogP contribution in [0, 0.1) is 6.92 Å². The van der Waals surface area contributed by atoms with Crippen molar-refractivity contribution in [2.45, 2.75) is 19.4 Å². The van der Waals surface area contributed by atoms with Crippen molar-refractivity contribution in [1.29, 1.82) is 0 Å². The first-order chi connectivity index (χ1) is 6.58. The van der Waals surface area contributed by atoms with Gasteiger partial charge in [0, 0.05) is 19.0 Å². The van der Waals surface area contributed by atoms with Gasteiger partial charge in [-0.15, -0.1) is 0 Å². The van der Waals surface area contributed by atoms with E-state index >= 15 is 0 Å². The number of aryl methyl sites for hydroxylation is 1. The van der Waals surface area contributed by atoms with Gasteiger partial charge in [-0.2, -0.15) is 0 Å². The smallest absolute Gasteiger partial charge is 0.230 e. The second-order valence-corrected chi connectivity index (χ2v) is 4.90. The number of carbonyl (C=O) groups is 1. The van der Waals surface area contributed by atoms with Crippen molar-refractivity contribution in [1.82, 2.24) is 4.98 Å². The minimum atomic E-state index is -0.0783. The van der Waals surface area contributed by atoms with Crippen molar-refractivity contribution in [2.75, 3.05) is 11.4 Å². The van der Waals surface area contributed by atoms with Crippen LogP contribution in [0.2, 0.25) is 4.34 Å². The summed E-state index contributed by atoms with van der Waals surface area (Å²) in [5.74, 6) is 0.0305. The average Bonchev–Trinajstić information content (AvgIpc) is 2.57. The second kappa shape index (κ2) is 3.49. The zero-order chi connectivity index (χ0) is 10.3. The van der Waals surface area contributed by atoms with Crippen molar-refractivity contribution < 1.29 is 4.79 Å². The molecule has 1 saturated heterocycles. The van der Waals surface area contributed by atoms with Gasteiger partial charge in [-0.25, -0.2) is 4.98 Å². The lowest BCUT2D eigenvalue weighted by Crippen LogP contribution is -2.27. The van der Waals surface area contributed by atoms with Gasteiger partial charge in [0.15, 0.2) is 5.13 Å². The van der Waals surface area contributed by atoms with Crippen LogP contribution in [0.4, 0.5) is 5.13 Å². The number of hydrogen-bond acceptors (Lipinski definition) is 4. The van der Waals surface area contributed by atoms with Crippen molar-refractivity contribution in [3.8, 4) is 0 Å². The van der Waals surface area contributed by atoms with E-state index in [4.69, 9.17) is 17.3 Å². The standard InChI is InChI=1S/C8H10ClN3OS/c1-4-7(9)14-8(11-4)12-3-5(10)2-6(12)13/h5H,2-3,10H2,1H3. The Morgan fingerprint density at radius 3 is 2.86 bits per heavy atom. The molecular weight excluding hydrogens is 222 g/mol. The summed E-state index contributed by atoms with van der Waals surface area (Å²) in [5.41, 5.74) is 6.44. The van der Waals surface area contributed by atoms with Crippen LogP contribution in [-0.2, 0) is 4.79 Å². The molecule has 14 heavy (non-hydrogen) atoms. The molecule has 1 fully saturated rings. The van der Waals surface area contributed by atoms with Gasteiger partial charge in [-0.3, -0.25) is 9.69 Å². The molecule has 0 aromatic carbocycles. The number of aromatic nitrogens is 1. The molecule has 4 nitrogen and oxygen atoms in total. The number of nitrogens with two attached hydrogens (primary N) is 1. The monoisotopic (exact) mass is 231 g/mol. The SMILES string of the molecule is Cc1nc(N2CC(N)CC2=O)sc1Cl. The van der Waals surface area contributed by atoms with E-state index < -0.39 is 0 Å². The first-order valence-corrected chi connectivity index (χ1v) is 5.46. The minimum Gasteiger partial charge on any atom is -0.326 e. The number of halogens is 1. The highest BCUT2D eigenvalue weighted by Crippen LogP contribution is 2.31.